The molecule has 0 saturated heterocycles. The van der Waals surface area contributed by atoms with Gasteiger partial charge in [0.05, 0.1) is 5.69 Å². The van der Waals surface area contributed by atoms with Gasteiger partial charge in [-0.3, -0.25) is 4.98 Å². The van der Waals surface area contributed by atoms with E-state index in [1.165, 1.54) is 60.5 Å². The van der Waals surface area contributed by atoms with Crippen LogP contribution in [0.1, 0.15) is 19.4 Å². The lowest BCUT2D eigenvalue weighted by atomic mass is 9.84. The number of fused-ring (bicyclic) bond motifs is 2. The topological polar surface area (TPSA) is 38.9 Å². The molecule has 2 N–H and O–H groups in total. The number of anilines is 1. The van der Waals surface area contributed by atoms with Crippen LogP contribution in [0.4, 0.5) is 5.69 Å². The maximum absolute atomic E-state index is 6.13. The van der Waals surface area contributed by atoms with Gasteiger partial charge in [0.15, 0.2) is 0 Å². The van der Waals surface area contributed by atoms with E-state index in [0.717, 1.165) is 22.3 Å². The first-order valence-corrected chi connectivity index (χ1v) is 16.0. The van der Waals surface area contributed by atoms with Crippen LogP contribution in [-0.2, 0) is 0 Å². The Hall–Kier alpha value is -5.99. The zero-order valence-electron chi connectivity index (χ0n) is 26.7. The van der Waals surface area contributed by atoms with Gasteiger partial charge in [-0.15, -0.1) is 0 Å². The van der Waals surface area contributed by atoms with Crippen LogP contribution in [0.3, 0.4) is 0 Å². The molecule has 1 heterocycles. The number of nitrogens with two attached hydrogens (primary N) is 1. The minimum absolute atomic E-state index is 0.652. The maximum Gasteiger partial charge on any atom is 0.0506 e. The minimum Gasteiger partial charge on any atom is -0.397 e. The summed E-state index contributed by atoms with van der Waals surface area (Å²) in [6.07, 6.45) is 9.82. The molecular formula is C45H36N2. The fourth-order valence-corrected chi connectivity index (χ4v) is 6.57. The zero-order chi connectivity index (χ0) is 32.3. The normalized spacial score (nSPS) is 12.0. The zero-order valence-corrected chi connectivity index (χ0v) is 26.7. The highest BCUT2D eigenvalue weighted by Gasteiger charge is 2.18. The molecule has 0 unspecified atom stereocenters. The van der Waals surface area contributed by atoms with Gasteiger partial charge in [0.25, 0.3) is 0 Å². The largest absolute Gasteiger partial charge is 0.397 e. The van der Waals surface area contributed by atoms with Crippen LogP contribution in [0.25, 0.3) is 71.6 Å². The standard InChI is InChI=1S/C45H36N2/c1-4-30(3)23-31(5-2)33-15-11-17-36(24-33)44-40-19-9-10-20-41(40)45(37-18-12-16-34(25-37)38-26-39(46)29-47-28-38)43-27-35(21-22-42(43)44)32-13-7-6-8-14-32/h4-29H,1,46H2,2-3H3/b30-23-,31-5+. The Balaban J connectivity index is 1.54. The van der Waals surface area contributed by atoms with Crippen LogP contribution in [0.2, 0.25) is 0 Å². The Bertz CT molecular complexity index is 2340. The molecule has 0 atom stereocenters. The van der Waals surface area contributed by atoms with Crippen LogP contribution in [0, 0.1) is 0 Å². The molecule has 7 rings (SSSR count). The van der Waals surface area contributed by atoms with Gasteiger partial charge < -0.3 is 5.73 Å². The van der Waals surface area contributed by atoms with Crippen molar-refractivity contribution in [1.82, 2.24) is 4.98 Å². The third-order valence-corrected chi connectivity index (χ3v) is 8.88. The molecule has 0 saturated carbocycles. The van der Waals surface area contributed by atoms with Crippen molar-refractivity contribution in [2.75, 3.05) is 5.73 Å². The summed E-state index contributed by atoms with van der Waals surface area (Å²) in [6, 6.07) is 46.0. The van der Waals surface area contributed by atoms with Gasteiger partial charge in [0, 0.05) is 18.0 Å². The van der Waals surface area contributed by atoms with Crippen LogP contribution in [-0.4, -0.2) is 4.98 Å². The molecular weight excluding hydrogens is 569 g/mol. The van der Waals surface area contributed by atoms with Gasteiger partial charge in [-0.1, -0.05) is 134 Å². The Morgan fingerprint density at radius 2 is 1.19 bits per heavy atom. The van der Waals surface area contributed by atoms with Crippen LogP contribution >= 0.6 is 0 Å². The summed E-state index contributed by atoms with van der Waals surface area (Å²) in [6.45, 7) is 8.14. The van der Waals surface area contributed by atoms with Crippen molar-refractivity contribution < 1.29 is 0 Å². The Morgan fingerprint density at radius 1 is 0.574 bits per heavy atom. The summed E-state index contributed by atoms with van der Waals surface area (Å²) < 4.78 is 0. The monoisotopic (exact) mass is 604 g/mol. The highest BCUT2D eigenvalue weighted by molar-refractivity contribution is 6.22. The molecule has 0 spiro atoms. The van der Waals surface area contributed by atoms with Crippen LogP contribution in [0.15, 0.2) is 170 Å². The van der Waals surface area contributed by atoms with Gasteiger partial charge in [0.1, 0.15) is 0 Å². The van der Waals surface area contributed by atoms with Gasteiger partial charge in [-0.2, -0.15) is 0 Å². The predicted octanol–water partition coefficient (Wildman–Crippen LogP) is 12.2. The number of benzene rings is 6. The van der Waals surface area contributed by atoms with E-state index in [9.17, 15) is 0 Å². The fraction of sp³-hybridized carbons (Fsp3) is 0.0444. The first-order chi connectivity index (χ1) is 23.0. The van der Waals surface area contributed by atoms with Crippen molar-refractivity contribution in [3.05, 3.63) is 176 Å². The molecule has 6 aromatic carbocycles. The molecule has 2 nitrogen and oxygen atoms in total. The van der Waals surface area contributed by atoms with Crippen molar-refractivity contribution in [2.45, 2.75) is 13.8 Å². The van der Waals surface area contributed by atoms with Crippen molar-refractivity contribution in [3.63, 3.8) is 0 Å². The lowest BCUT2D eigenvalue weighted by molar-refractivity contribution is 1.33. The van der Waals surface area contributed by atoms with Gasteiger partial charge >= 0.3 is 0 Å². The van der Waals surface area contributed by atoms with E-state index in [4.69, 9.17) is 5.73 Å². The Labute approximate surface area is 276 Å². The lowest BCUT2D eigenvalue weighted by Crippen LogP contribution is -1.93. The van der Waals surface area contributed by atoms with Gasteiger partial charge in [0.2, 0.25) is 0 Å². The second-order valence-electron chi connectivity index (χ2n) is 11.9. The second kappa shape index (κ2) is 12.8. The van der Waals surface area contributed by atoms with Crippen molar-refractivity contribution in [3.8, 4) is 44.5 Å². The number of hydrogen-bond donors (Lipinski definition) is 1. The molecule has 0 aliphatic heterocycles. The average Bonchev–Trinajstić information content (AvgIpc) is 3.13. The molecule has 0 aliphatic rings. The van der Waals surface area contributed by atoms with E-state index in [-0.39, 0.29) is 0 Å². The number of allylic oxidation sites excluding steroid dienone is 5. The average molecular weight is 605 g/mol. The lowest BCUT2D eigenvalue weighted by Gasteiger charge is -2.19. The summed E-state index contributed by atoms with van der Waals surface area (Å²) in [7, 11) is 0. The van der Waals surface area contributed by atoms with Gasteiger partial charge in [-0.25, -0.2) is 0 Å². The van der Waals surface area contributed by atoms with E-state index in [2.05, 4.69) is 159 Å². The SMILES string of the molecule is C=C/C(C)=C\C(=C/C)c1cccc(-c2c3ccccc3c(-c3cccc(-c4cncc(N)c4)c3)c3cc(-c4ccccc4)ccc23)c1. The Kier molecular flexibility index (Phi) is 8.08. The molecule has 0 fully saturated rings. The van der Waals surface area contributed by atoms with Crippen molar-refractivity contribution in [2.24, 2.45) is 0 Å². The number of pyridine rings is 1. The van der Waals surface area contributed by atoms with E-state index in [1.54, 1.807) is 6.20 Å². The number of hydrogen-bond acceptors (Lipinski definition) is 2. The summed E-state index contributed by atoms with van der Waals surface area (Å²) in [5, 5.41) is 4.85. The highest BCUT2D eigenvalue weighted by atomic mass is 14.7. The first kappa shape index (κ1) is 29.7. The number of rotatable bonds is 7. The summed E-state index contributed by atoms with van der Waals surface area (Å²) in [4.78, 5) is 4.36. The molecule has 2 heteroatoms. The van der Waals surface area contributed by atoms with Gasteiger partial charge in [-0.05, 0) is 110 Å². The fourth-order valence-electron chi connectivity index (χ4n) is 6.57. The smallest absolute Gasteiger partial charge is 0.0506 e. The number of nitrogens with zero attached hydrogens (tertiary/aromatic N) is 1. The summed E-state index contributed by atoms with van der Waals surface area (Å²) in [5.41, 5.74) is 19.5. The molecule has 0 aliphatic carbocycles. The summed E-state index contributed by atoms with van der Waals surface area (Å²) in [5.74, 6) is 0. The minimum atomic E-state index is 0.652. The van der Waals surface area contributed by atoms with Crippen LogP contribution in [0.5, 0.6) is 0 Å². The molecule has 0 bridgehead atoms. The van der Waals surface area contributed by atoms with E-state index < -0.39 is 0 Å². The molecule has 7 aromatic rings. The Morgan fingerprint density at radius 3 is 1.91 bits per heavy atom. The maximum atomic E-state index is 6.13. The molecule has 47 heavy (non-hydrogen) atoms. The quantitative estimate of drug-likeness (QED) is 0.145. The number of aromatic nitrogens is 1. The summed E-state index contributed by atoms with van der Waals surface area (Å²) >= 11 is 0. The van der Waals surface area contributed by atoms with Crippen molar-refractivity contribution in [1.29, 1.82) is 0 Å². The van der Waals surface area contributed by atoms with Crippen molar-refractivity contribution >= 4 is 32.8 Å². The first-order valence-electron chi connectivity index (χ1n) is 16.0. The third-order valence-electron chi connectivity index (χ3n) is 8.88. The van der Waals surface area contributed by atoms with E-state index >= 15 is 0 Å². The molecule has 0 radical (unpaired) electrons. The van der Waals surface area contributed by atoms with E-state index in [0.29, 0.717) is 5.69 Å². The van der Waals surface area contributed by atoms with Crippen LogP contribution < -0.4 is 5.73 Å². The number of nitrogen functional groups attached to an aromatic ring is 1. The third kappa shape index (κ3) is 5.78. The predicted molar refractivity (Wildman–Crippen MR) is 203 cm³/mol. The highest BCUT2D eigenvalue weighted by Crippen LogP contribution is 2.45. The molecule has 1 aromatic heterocycles. The molecule has 226 valence electrons. The second-order valence-corrected chi connectivity index (χ2v) is 11.9. The molecule has 0 amide bonds. The van der Waals surface area contributed by atoms with E-state index in [1.807, 2.05) is 18.3 Å².